The molecule has 6 heteroatoms. The first kappa shape index (κ1) is 15.8. The fraction of sp³-hybridized carbons (Fsp3) is 0.846. The Kier molecular flexibility index (Phi) is 6.08. The SMILES string of the molecule is CCN(CC)CC(C)NC(=O)N(CC(=O)O)C1CC1. The summed E-state index contributed by atoms with van der Waals surface area (Å²) in [6, 6.07) is -0.135. The van der Waals surface area contributed by atoms with Gasteiger partial charge in [-0.15, -0.1) is 0 Å². The molecule has 0 heterocycles. The molecular weight excluding hydrogens is 246 g/mol. The standard InChI is InChI=1S/C13H25N3O3/c1-4-15(5-2)8-10(3)14-13(19)16(9-12(17)18)11-6-7-11/h10-11H,4-9H2,1-3H3,(H,14,19)(H,17,18). The van der Waals surface area contributed by atoms with Gasteiger partial charge in [-0.1, -0.05) is 13.8 Å². The van der Waals surface area contributed by atoms with E-state index in [1.807, 2.05) is 6.92 Å². The zero-order valence-electron chi connectivity index (χ0n) is 12.1. The predicted octanol–water partition coefficient (Wildman–Crippen LogP) is 0.975. The number of urea groups is 1. The molecule has 2 amide bonds. The van der Waals surface area contributed by atoms with E-state index in [1.54, 1.807) is 0 Å². The van der Waals surface area contributed by atoms with Gasteiger partial charge in [-0.3, -0.25) is 4.79 Å². The van der Waals surface area contributed by atoms with Crippen molar-refractivity contribution >= 4 is 12.0 Å². The van der Waals surface area contributed by atoms with Gasteiger partial charge in [-0.05, 0) is 32.9 Å². The monoisotopic (exact) mass is 271 g/mol. The zero-order chi connectivity index (χ0) is 14.4. The zero-order valence-corrected chi connectivity index (χ0v) is 12.1. The van der Waals surface area contributed by atoms with Crippen LogP contribution in [0.1, 0.15) is 33.6 Å². The molecule has 1 aliphatic rings. The van der Waals surface area contributed by atoms with Crippen molar-refractivity contribution in [2.75, 3.05) is 26.2 Å². The van der Waals surface area contributed by atoms with Crippen LogP contribution < -0.4 is 5.32 Å². The average Bonchev–Trinajstić information content (AvgIpc) is 3.16. The maximum Gasteiger partial charge on any atom is 0.323 e. The van der Waals surface area contributed by atoms with Gasteiger partial charge in [0.1, 0.15) is 6.54 Å². The van der Waals surface area contributed by atoms with E-state index in [9.17, 15) is 9.59 Å². The molecule has 0 bridgehead atoms. The Bertz CT molecular complexity index is 314. The van der Waals surface area contributed by atoms with Crippen LogP contribution in [0.25, 0.3) is 0 Å². The molecule has 0 radical (unpaired) electrons. The van der Waals surface area contributed by atoms with Crippen LogP contribution >= 0.6 is 0 Å². The van der Waals surface area contributed by atoms with Crippen molar-refractivity contribution in [3.63, 3.8) is 0 Å². The summed E-state index contributed by atoms with van der Waals surface area (Å²) in [5, 5.41) is 11.7. The maximum atomic E-state index is 12.1. The molecule has 0 saturated heterocycles. The van der Waals surface area contributed by atoms with Gasteiger partial charge in [0, 0.05) is 18.6 Å². The van der Waals surface area contributed by atoms with E-state index in [0.717, 1.165) is 32.5 Å². The summed E-state index contributed by atoms with van der Waals surface area (Å²) < 4.78 is 0. The molecule has 1 fully saturated rings. The third kappa shape index (κ3) is 5.46. The summed E-state index contributed by atoms with van der Waals surface area (Å²) >= 11 is 0. The smallest absolute Gasteiger partial charge is 0.323 e. The Morgan fingerprint density at radius 1 is 1.32 bits per heavy atom. The van der Waals surface area contributed by atoms with E-state index < -0.39 is 5.97 Å². The first-order chi connectivity index (χ1) is 8.97. The number of nitrogens with zero attached hydrogens (tertiary/aromatic N) is 2. The van der Waals surface area contributed by atoms with Gasteiger partial charge in [-0.25, -0.2) is 4.79 Å². The van der Waals surface area contributed by atoms with Gasteiger partial charge >= 0.3 is 12.0 Å². The summed E-state index contributed by atoms with van der Waals surface area (Å²) in [4.78, 5) is 26.5. The van der Waals surface area contributed by atoms with Gasteiger partial charge in [-0.2, -0.15) is 0 Å². The molecule has 6 nitrogen and oxygen atoms in total. The number of hydrogen-bond acceptors (Lipinski definition) is 3. The number of amides is 2. The minimum absolute atomic E-state index is 0.0162. The highest BCUT2D eigenvalue weighted by molar-refractivity contribution is 5.80. The topological polar surface area (TPSA) is 72.9 Å². The van der Waals surface area contributed by atoms with E-state index in [-0.39, 0.29) is 24.7 Å². The van der Waals surface area contributed by atoms with Crippen LogP contribution in [-0.4, -0.2) is 65.2 Å². The Morgan fingerprint density at radius 2 is 1.89 bits per heavy atom. The molecule has 2 N–H and O–H groups in total. The Hall–Kier alpha value is -1.30. The van der Waals surface area contributed by atoms with E-state index in [1.165, 1.54) is 4.90 Å². The van der Waals surface area contributed by atoms with Crippen LogP contribution in [0.15, 0.2) is 0 Å². The lowest BCUT2D eigenvalue weighted by Gasteiger charge is -2.27. The highest BCUT2D eigenvalue weighted by atomic mass is 16.4. The van der Waals surface area contributed by atoms with Crippen molar-refractivity contribution in [2.24, 2.45) is 0 Å². The molecule has 0 spiro atoms. The number of hydrogen-bond donors (Lipinski definition) is 2. The molecule has 0 aromatic heterocycles. The van der Waals surface area contributed by atoms with Gasteiger partial charge in [0.2, 0.25) is 0 Å². The fourth-order valence-corrected chi connectivity index (χ4v) is 2.11. The maximum absolute atomic E-state index is 12.1. The first-order valence-corrected chi connectivity index (χ1v) is 6.99. The summed E-state index contributed by atoms with van der Waals surface area (Å²) in [7, 11) is 0. The van der Waals surface area contributed by atoms with Crippen molar-refractivity contribution < 1.29 is 14.7 Å². The molecule has 1 saturated carbocycles. The average molecular weight is 271 g/mol. The quantitative estimate of drug-likeness (QED) is 0.690. The molecule has 1 aliphatic carbocycles. The molecule has 1 atom stereocenters. The summed E-state index contributed by atoms with van der Waals surface area (Å²) in [6.07, 6.45) is 1.82. The molecule has 110 valence electrons. The molecule has 1 unspecified atom stereocenters. The first-order valence-electron chi connectivity index (χ1n) is 6.99. The summed E-state index contributed by atoms with van der Waals surface area (Å²) in [5.74, 6) is -0.960. The van der Waals surface area contributed by atoms with Gasteiger partial charge in [0.25, 0.3) is 0 Å². The van der Waals surface area contributed by atoms with E-state index in [4.69, 9.17) is 5.11 Å². The lowest BCUT2D eigenvalue weighted by Crippen LogP contribution is -2.49. The second-order valence-corrected chi connectivity index (χ2v) is 5.09. The number of carbonyl (C=O) groups is 2. The number of carbonyl (C=O) groups excluding carboxylic acids is 1. The van der Waals surface area contributed by atoms with Crippen LogP contribution in [0.2, 0.25) is 0 Å². The van der Waals surface area contributed by atoms with Crippen LogP contribution in [-0.2, 0) is 4.79 Å². The number of likely N-dealkylation sites (N-methyl/N-ethyl adjacent to an activating group) is 1. The largest absolute Gasteiger partial charge is 0.480 e. The van der Waals surface area contributed by atoms with Crippen molar-refractivity contribution in [1.29, 1.82) is 0 Å². The van der Waals surface area contributed by atoms with Crippen molar-refractivity contribution in [3.05, 3.63) is 0 Å². The van der Waals surface area contributed by atoms with Gasteiger partial charge in [0.15, 0.2) is 0 Å². The van der Waals surface area contributed by atoms with Crippen LogP contribution in [0.5, 0.6) is 0 Å². The normalized spacial score (nSPS) is 16.2. The number of aliphatic carboxylic acids is 1. The molecule has 1 rings (SSSR count). The van der Waals surface area contributed by atoms with E-state index in [2.05, 4.69) is 24.1 Å². The van der Waals surface area contributed by atoms with Crippen molar-refractivity contribution in [2.45, 2.75) is 45.7 Å². The second-order valence-electron chi connectivity index (χ2n) is 5.09. The molecular formula is C13H25N3O3. The Balaban J connectivity index is 2.44. The lowest BCUT2D eigenvalue weighted by molar-refractivity contribution is -0.137. The van der Waals surface area contributed by atoms with E-state index in [0.29, 0.717) is 0 Å². The number of nitrogens with one attached hydrogen (secondary N) is 1. The van der Waals surface area contributed by atoms with Crippen molar-refractivity contribution in [3.8, 4) is 0 Å². The Labute approximate surface area is 114 Å². The lowest BCUT2D eigenvalue weighted by atomic mass is 10.3. The van der Waals surface area contributed by atoms with Gasteiger partial charge in [0.05, 0.1) is 0 Å². The highest BCUT2D eigenvalue weighted by Crippen LogP contribution is 2.26. The third-order valence-corrected chi connectivity index (χ3v) is 3.35. The molecule has 0 aliphatic heterocycles. The number of carboxylic acids is 1. The molecule has 0 aromatic carbocycles. The molecule has 19 heavy (non-hydrogen) atoms. The van der Waals surface area contributed by atoms with Crippen LogP contribution in [0.3, 0.4) is 0 Å². The van der Waals surface area contributed by atoms with Crippen LogP contribution in [0, 0.1) is 0 Å². The number of rotatable bonds is 8. The van der Waals surface area contributed by atoms with Gasteiger partial charge < -0.3 is 20.2 Å². The van der Waals surface area contributed by atoms with Crippen molar-refractivity contribution in [1.82, 2.24) is 15.1 Å². The second kappa shape index (κ2) is 7.33. The number of carboxylic acid groups (broad SMARTS) is 1. The third-order valence-electron chi connectivity index (χ3n) is 3.35. The molecule has 0 aromatic rings. The summed E-state index contributed by atoms with van der Waals surface area (Å²) in [6.45, 7) is 8.56. The highest BCUT2D eigenvalue weighted by Gasteiger charge is 2.34. The minimum atomic E-state index is -0.960. The summed E-state index contributed by atoms with van der Waals surface area (Å²) in [5.41, 5.74) is 0. The van der Waals surface area contributed by atoms with Crippen LogP contribution in [0.4, 0.5) is 4.79 Å². The fourth-order valence-electron chi connectivity index (χ4n) is 2.11. The predicted molar refractivity (Wildman–Crippen MR) is 73.1 cm³/mol. The minimum Gasteiger partial charge on any atom is -0.480 e. The Morgan fingerprint density at radius 3 is 2.32 bits per heavy atom. The van der Waals surface area contributed by atoms with E-state index >= 15 is 0 Å².